The molecule has 1 unspecified atom stereocenters. The van der Waals surface area contributed by atoms with Crippen LogP contribution in [0.1, 0.15) is 57.2 Å². The van der Waals surface area contributed by atoms with E-state index in [0.717, 1.165) is 56.3 Å². The van der Waals surface area contributed by atoms with Crippen molar-refractivity contribution in [2.75, 3.05) is 24.5 Å². The van der Waals surface area contributed by atoms with Gasteiger partial charge in [0, 0.05) is 44.0 Å². The second-order valence-electron chi connectivity index (χ2n) is 8.73. The molecule has 1 aromatic carbocycles. The molecule has 1 aliphatic carbocycles. The predicted octanol–water partition coefficient (Wildman–Crippen LogP) is 4.54. The van der Waals surface area contributed by atoms with E-state index in [2.05, 4.69) is 52.4 Å². The molecule has 1 aromatic heterocycles. The quantitative estimate of drug-likeness (QED) is 0.590. The van der Waals surface area contributed by atoms with Gasteiger partial charge in [-0.25, -0.2) is 4.98 Å². The van der Waals surface area contributed by atoms with E-state index in [-0.39, 0.29) is 5.91 Å². The lowest BCUT2D eigenvalue weighted by molar-refractivity contribution is -0.116. The minimum absolute atomic E-state index is 0.118. The van der Waals surface area contributed by atoms with Gasteiger partial charge in [-0.3, -0.25) is 19.5 Å². The lowest BCUT2D eigenvalue weighted by Crippen LogP contribution is -2.47. The Bertz CT molecular complexity index is 820. The third-order valence-electron chi connectivity index (χ3n) is 6.12. The summed E-state index contributed by atoms with van der Waals surface area (Å²) in [5.41, 5.74) is 2.50. The van der Waals surface area contributed by atoms with Gasteiger partial charge in [0.05, 0.1) is 5.69 Å². The highest BCUT2D eigenvalue weighted by Gasteiger charge is 2.34. The fourth-order valence-electron chi connectivity index (χ4n) is 4.56. The Morgan fingerprint density at radius 3 is 2.70 bits per heavy atom. The van der Waals surface area contributed by atoms with Crippen LogP contribution in [0.2, 0.25) is 0 Å². The normalized spacial score (nSPS) is 19.9. The topological polar surface area (TPSA) is 39.7 Å². The number of hydrogen-bond donors (Lipinski definition) is 0. The lowest BCUT2D eigenvalue weighted by Gasteiger charge is -2.39. The monoisotopic (exact) mass is 426 g/mol. The smallest absolute Gasteiger partial charge is 0.225 e. The van der Waals surface area contributed by atoms with Crippen molar-refractivity contribution >= 4 is 22.4 Å². The second kappa shape index (κ2) is 10.0. The molecule has 1 saturated carbocycles. The van der Waals surface area contributed by atoms with Crippen molar-refractivity contribution in [3.05, 3.63) is 47.0 Å². The Morgan fingerprint density at radius 1 is 1.20 bits per heavy atom. The third-order valence-corrected chi connectivity index (χ3v) is 7.01. The highest BCUT2D eigenvalue weighted by molar-refractivity contribution is 7.14. The maximum atomic E-state index is 12.1. The first-order valence-electron chi connectivity index (χ1n) is 11.4. The van der Waals surface area contributed by atoms with Gasteiger partial charge in [0.25, 0.3) is 0 Å². The van der Waals surface area contributed by atoms with Gasteiger partial charge in [-0.05, 0) is 50.8 Å². The minimum Gasteiger partial charge on any atom is -0.298 e. The van der Waals surface area contributed by atoms with Crippen LogP contribution < -0.4 is 4.90 Å². The average Bonchev–Trinajstić information content (AvgIpc) is 3.46. The van der Waals surface area contributed by atoms with Crippen LogP contribution in [0.25, 0.3) is 0 Å². The number of benzene rings is 1. The van der Waals surface area contributed by atoms with Gasteiger partial charge in [0.1, 0.15) is 0 Å². The van der Waals surface area contributed by atoms with E-state index in [1.165, 1.54) is 24.9 Å². The van der Waals surface area contributed by atoms with E-state index in [0.29, 0.717) is 12.1 Å². The first kappa shape index (κ1) is 21.5. The Labute approximate surface area is 184 Å². The molecule has 0 bridgehead atoms. The van der Waals surface area contributed by atoms with E-state index in [1.54, 1.807) is 18.3 Å². The highest BCUT2D eigenvalue weighted by atomic mass is 32.1. The zero-order valence-electron chi connectivity index (χ0n) is 18.3. The summed E-state index contributed by atoms with van der Waals surface area (Å²) < 4.78 is 0. The van der Waals surface area contributed by atoms with Crippen LogP contribution >= 0.6 is 11.3 Å². The molecule has 6 heteroatoms. The molecular formula is C24H34N4OS. The van der Waals surface area contributed by atoms with E-state index < -0.39 is 0 Å². The van der Waals surface area contributed by atoms with Crippen molar-refractivity contribution in [2.24, 2.45) is 0 Å². The summed E-state index contributed by atoms with van der Waals surface area (Å²) in [7, 11) is 0. The molecule has 162 valence electrons. The van der Waals surface area contributed by atoms with Crippen molar-refractivity contribution in [1.82, 2.24) is 14.8 Å². The number of thiazole rings is 1. The van der Waals surface area contributed by atoms with Crippen LogP contribution in [0.3, 0.4) is 0 Å². The summed E-state index contributed by atoms with van der Waals surface area (Å²) >= 11 is 1.62. The molecule has 4 rings (SSSR count). The summed E-state index contributed by atoms with van der Waals surface area (Å²) in [6.45, 7) is 9.23. The molecule has 2 aliphatic rings. The van der Waals surface area contributed by atoms with Crippen molar-refractivity contribution in [3.63, 3.8) is 0 Å². The molecule has 0 N–H and O–H groups in total. The first-order valence-corrected chi connectivity index (χ1v) is 12.3. The first-order chi connectivity index (χ1) is 14.6. The van der Waals surface area contributed by atoms with Gasteiger partial charge in [0.15, 0.2) is 5.13 Å². The number of piperidine rings is 1. The molecule has 5 nitrogen and oxygen atoms in total. The fourth-order valence-corrected chi connectivity index (χ4v) is 5.49. The molecule has 1 atom stereocenters. The SMILES string of the molecule is CCCN(Cc1csc(N(C(C)=O)C2CC2)n1)C1CCCN(Cc2ccccc2)C1. The molecule has 2 heterocycles. The second-order valence-corrected chi connectivity index (χ2v) is 9.57. The number of likely N-dealkylation sites (tertiary alicyclic amines) is 1. The molecule has 1 aliphatic heterocycles. The molecule has 0 radical (unpaired) electrons. The molecule has 1 saturated heterocycles. The van der Waals surface area contributed by atoms with Crippen molar-refractivity contribution in [1.29, 1.82) is 0 Å². The Balaban J connectivity index is 1.40. The summed E-state index contributed by atoms with van der Waals surface area (Å²) in [4.78, 5) is 24.1. The van der Waals surface area contributed by atoms with Gasteiger partial charge >= 0.3 is 0 Å². The van der Waals surface area contributed by atoms with Crippen molar-refractivity contribution < 1.29 is 4.79 Å². The summed E-state index contributed by atoms with van der Waals surface area (Å²) in [5.74, 6) is 0.118. The Morgan fingerprint density at radius 2 is 2.00 bits per heavy atom. The van der Waals surface area contributed by atoms with Crippen LogP contribution in [-0.4, -0.2) is 52.4 Å². The van der Waals surface area contributed by atoms with Gasteiger partial charge in [-0.1, -0.05) is 37.3 Å². The summed E-state index contributed by atoms with van der Waals surface area (Å²) in [6, 6.07) is 11.7. The minimum atomic E-state index is 0.118. The van der Waals surface area contributed by atoms with Crippen LogP contribution in [0.5, 0.6) is 0 Å². The third kappa shape index (κ3) is 5.48. The summed E-state index contributed by atoms with van der Waals surface area (Å²) in [5, 5.41) is 3.03. The molecule has 30 heavy (non-hydrogen) atoms. The number of nitrogens with zero attached hydrogens (tertiary/aromatic N) is 4. The fraction of sp³-hybridized carbons (Fsp3) is 0.583. The molecule has 2 fully saturated rings. The molecule has 0 spiro atoms. The largest absolute Gasteiger partial charge is 0.298 e. The Hall–Kier alpha value is -1.76. The molecular weight excluding hydrogens is 392 g/mol. The number of anilines is 1. The summed E-state index contributed by atoms with van der Waals surface area (Å²) in [6.07, 6.45) is 5.86. The van der Waals surface area contributed by atoms with E-state index in [4.69, 9.17) is 4.98 Å². The number of aromatic nitrogens is 1. The average molecular weight is 427 g/mol. The standard InChI is InChI=1S/C24H34N4OS/c1-3-13-27(16-21-18-30-24(25-21)28(19(2)29)22-11-12-22)23-10-7-14-26(17-23)15-20-8-5-4-6-9-20/h4-6,8-9,18,22-23H,3,7,10-17H2,1-2H3. The molecule has 2 aromatic rings. The zero-order valence-corrected chi connectivity index (χ0v) is 19.1. The maximum absolute atomic E-state index is 12.1. The number of hydrogen-bond acceptors (Lipinski definition) is 5. The lowest BCUT2D eigenvalue weighted by atomic mass is 10.0. The Kier molecular flexibility index (Phi) is 7.18. The molecule has 1 amide bonds. The van der Waals surface area contributed by atoms with Crippen LogP contribution in [0, 0.1) is 0 Å². The van der Waals surface area contributed by atoms with Gasteiger partial charge < -0.3 is 0 Å². The van der Waals surface area contributed by atoms with E-state index >= 15 is 0 Å². The van der Waals surface area contributed by atoms with Crippen LogP contribution in [0.15, 0.2) is 35.7 Å². The number of rotatable bonds is 9. The maximum Gasteiger partial charge on any atom is 0.225 e. The highest BCUT2D eigenvalue weighted by Crippen LogP contribution is 2.34. The van der Waals surface area contributed by atoms with Gasteiger partial charge in [-0.15, -0.1) is 11.3 Å². The predicted molar refractivity (Wildman–Crippen MR) is 124 cm³/mol. The van der Waals surface area contributed by atoms with Gasteiger partial charge in [0.2, 0.25) is 5.91 Å². The van der Waals surface area contributed by atoms with E-state index in [9.17, 15) is 4.79 Å². The van der Waals surface area contributed by atoms with Crippen molar-refractivity contribution in [3.8, 4) is 0 Å². The van der Waals surface area contributed by atoms with Crippen LogP contribution in [0.4, 0.5) is 5.13 Å². The van der Waals surface area contributed by atoms with Crippen LogP contribution in [-0.2, 0) is 17.9 Å². The number of carbonyl (C=O) groups is 1. The zero-order chi connectivity index (χ0) is 20.9. The number of carbonyl (C=O) groups excluding carboxylic acids is 1. The van der Waals surface area contributed by atoms with E-state index in [1.807, 2.05) is 4.90 Å². The van der Waals surface area contributed by atoms with Crippen molar-refractivity contribution in [2.45, 2.75) is 71.1 Å². The number of amides is 1. The van der Waals surface area contributed by atoms with Gasteiger partial charge in [-0.2, -0.15) is 0 Å².